The first-order chi connectivity index (χ1) is 16.0. The molecular formula is C23H29N5O4S. The van der Waals surface area contributed by atoms with Gasteiger partial charge in [-0.1, -0.05) is 24.3 Å². The van der Waals surface area contributed by atoms with Crippen LogP contribution in [0.15, 0.2) is 29.3 Å². The average Bonchev–Trinajstić information content (AvgIpc) is 3.26. The van der Waals surface area contributed by atoms with Gasteiger partial charge in [0.15, 0.2) is 22.3 Å². The molecule has 0 radical (unpaired) electrons. The number of benzene rings is 1. The van der Waals surface area contributed by atoms with Crippen LogP contribution in [0.3, 0.4) is 0 Å². The van der Waals surface area contributed by atoms with Crippen LogP contribution in [0.4, 0.5) is 5.13 Å². The zero-order valence-corrected chi connectivity index (χ0v) is 20.0. The van der Waals surface area contributed by atoms with Crippen LogP contribution in [0.1, 0.15) is 25.3 Å². The Bertz CT molecular complexity index is 1190. The number of carbonyl (C=O) groups excluding carboxylic acids is 1. The van der Waals surface area contributed by atoms with E-state index in [1.807, 2.05) is 18.2 Å². The van der Waals surface area contributed by atoms with Crippen LogP contribution < -0.4 is 25.2 Å². The van der Waals surface area contributed by atoms with Gasteiger partial charge >= 0.3 is 0 Å². The van der Waals surface area contributed by atoms with Gasteiger partial charge in [-0.25, -0.2) is 4.98 Å². The van der Waals surface area contributed by atoms with Gasteiger partial charge in [-0.3, -0.25) is 14.2 Å². The quantitative estimate of drug-likeness (QED) is 0.539. The molecule has 1 N–H and O–H groups in total. The minimum atomic E-state index is -0.242. The van der Waals surface area contributed by atoms with Crippen molar-refractivity contribution in [1.29, 1.82) is 0 Å². The first kappa shape index (κ1) is 23.0. The van der Waals surface area contributed by atoms with Crippen molar-refractivity contribution in [2.75, 3.05) is 38.8 Å². The lowest BCUT2D eigenvalue weighted by atomic mass is 10.0. The molecule has 10 heteroatoms. The highest BCUT2D eigenvalue weighted by atomic mass is 32.1. The summed E-state index contributed by atoms with van der Waals surface area (Å²) in [5.41, 5.74) is 1.23. The number of ether oxygens (including phenoxy) is 2. The number of carbonyl (C=O) groups is 1. The Hall–Kier alpha value is -3.14. The number of aromatic nitrogens is 3. The molecule has 3 heterocycles. The van der Waals surface area contributed by atoms with Gasteiger partial charge in [0.1, 0.15) is 17.6 Å². The third kappa shape index (κ3) is 5.27. The zero-order chi connectivity index (χ0) is 23.4. The van der Waals surface area contributed by atoms with E-state index < -0.39 is 0 Å². The van der Waals surface area contributed by atoms with Crippen LogP contribution in [0, 0.1) is 5.92 Å². The number of thiazole rings is 1. The van der Waals surface area contributed by atoms with Crippen molar-refractivity contribution in [3.05, 3.63) is 40.4 Å². The number of methoxy groups -OCH3 is 2. The van der Waals surface area contributed by atoms with E-state index >= 15 is 0 Å². The predicted octanol–water partition coefficient (Wildman–Crippen LogP) is 2.47. The Kier molecular flexibility index (Phi) is 7.12. The molecule has 1 amide bonds. The van der Waals surface area contributed by atoms with Gasteiger partial charge in [-0.2, -0.15) is 4.98 Å². The van der Waals surface area contributed by atoms with E-state index in [1.54, 1.807) is 14.2 Å². The lowest BCUT2D eigenvalue weighted by Gasteiger charge is -2.30. The predicted molar refractivity (Wildman–Crippen MR) is 129 cm³/mol. The molecule has 9 nitrogen and oxygen atoms in total. The highest BCUT2D eigenvalue weighted by Gasteiger charge is 2.21. The standard InChI is InChI=1S/C23H29N5O4S/c1-15-5-4-10-27(12-15)23-26-21-20(33-23)22(30)28(14-25-21)13-19(29)24-9-8-16-6-7-17(31-2)18(11-16)32-3/h6-7,11,14-15H,4-5,8-10,12-13H2,1-3H3,(H,24,29)/t15-/m1/s1. The Balaban J connectivity index is 1.37. The zero-order valence-electron chi connectivity index (χ0n) is 19.2. The minimum absolute atomic E-state index is 0.0817. The number of fused-ring (bicyclic) bond motifs is 1. The maximum atomic E-state index is 12.9. The van der Waals surface area contributed by atoms with E-state index in [-0.39, 0.29) is 18.0 Å². The molecule has 4 rings (SSSR count). The van der Waals surface area contributed by atoms with Gasteiger partial charge in [0.25, 0.3) is 5.56 Å². The highest BCUT2D eigenvalue weighted by Crippen LogP contribution is 2.29. The van der Waals surface area contributed by atoms with Crippen molar-refractivity contribution >= 4 is 32.7 Å². The molecule has 0 aliphatic carbocycles. The average molecular weight is 472 g/mol. The van der Waals surface area contributed by atoms with Gasteiger partial charge in [0.05, 0.1) is 14.2 Å². The molecule has 0 saturated carbocycles. The summed E-state index contributed by atoms with van der Waals surface area (Å²) in [7, 11) is 3.18. The fourth-order valence-electron chi connectivity index (χ4n) is 4.04. The molecule has 0 unspecified atom stereocenters. The van der Waals surface area contributed by atoms with Crippen LogP contribution in [0.5, 0.6) is 11.5 Å². The second-order valence-electron chi connectivity index (χ2n) is 8.31. The second-order valence-corrected chi connectivity index (χ2v) is 9.29. The number of anilines is 1. The Morgan fingerprint density at radius 2 is 2.09 bits per heavy atom. The topological polar surface area (TPSA) is 98.6 Å². The summed E-state index contributed by atoms with van der Waals surface area (Å²) in [5.74, 6) is 1.68. The lowest BCUT2D eigenvalue weighted by molar-refractivity contribution is -0.121. The molecule has 176 valence electrons. The fourth-order valence-corrected chi connectivity index (χ4v) is 5.04. The Labute approximate surface area is 196 Å². The maximum Gasteiger partial charge on any atom is 0.273 e. The first-order valence-corrected chi connectivity index (χ1v) is 11.9. The molecule has 1 atom stereocenters. The van der Waals surface area contributed by atoms with E-state index in [1.165, 1.54) is 28.7 Å². The number of hydrogen-bond donors (Lipinski definition) is 1. The van der Waals surface area contributed by atoms with Crippen LogP contribution in [-0.2, 0) is 17.8 Å². The number of piperidine rings is 1. The van der Waals surface area contributed by atoms with Gasteiger partial charge in [-0.15, -0.1) is 0 Å². The van der Waals surface area contributed by atoms with Crippen molar-refractivity contribution < 1.29 is 14.3 Å². The third-order valence-electron chi connectivity index (χ3n) is 5.80. The molecule has 0 bridgehead atoms. The van der Waals surface area contributed by atoms with Crippen molar-refractivity contribution in [3.63, 3.8) is 0 Å². The molecular weight excluding hydrogens is 442 g/mol. The number of nitrogens with one attached hydrogen (secondary N) is 1. The number of hydrogen-bond acceptors (Lipinski definition) is 8. The molecule has 1 aliphatic rings. The van der Waals surface area contributed by atoms with Crippen LogP contribution in [0.25, 0.3) is 10.3 Å². The van der Waals surface area contributed by atoms with Gasteiger partial charge < -0.3 is 19.7 Å². The van der Waals surface area contributed by atoms with Crippen LogP contribution in [0.2, 0.25) is 0 Å². The van der Waals surface area contributed by atoms with Crippen molar-refractivity contribution in [2.45, 2.75) is 32.7 Å². The molecule has 1 saturated heterocycles. The summed E-state index contributed by atoms with van der Waals surface area (Å²) >= 11 is 1.36. The van der Waals surface area contributed by atoms with E-state index in [9.17, 15) is 9.59 Å². The molecule has 0 spiro atoms. The van der Waals surface area contributed by atoms with E-state index in [0.717, 1.165) is 30.2 Å². The summed E-state index contributed by atoms with van der Waals surface area (Å²) in [6, 6.07) is 5.66. The number of rotatable bonds is 8. The molecule has 1 aliphatic heterocycles. The summed E-state index contributed by atoms with van der Waals surface area (Å²) in [6.45, 7) is 4.48. The summed E-state index contributed by atoms with van der Waals surface area (Å²) in [5, 5.41) is 3.70. The third-order valence-corrected chi connectivity index (χ3v) is 6.89. The van der Waals surface area contributed by atoms with Crippen LogP contribution >= 0.6 is 11.3 Å². The first-order valence-electron chi connectivity index (χ1n) is 11.1. The monoisotopic (exact) mass is 471 g/mol. The SMILES string of the molecule is COc1ccc(CCNC(=O)Cn2cnc3nc(N4CCC[C@@H](C)C4)sc3c2=O)cc1OC. The summed E-state index contributed by atoms with van der Waals surface area (Å²) < 4.78 is 12.4. The minimum Gasteiger partial charge on any atom is -0.493 e. The van der Waals surface area contributed by atoms with E-state index in [4.69, 9.17) is 9.47 Å². The normalized spacial score (nSPS) is 16.1. The molecule has 3 aromatic rings. The molecule has 1 aromatic carbocycles. The van der Waals surface area contributed by atoms with E-state index in [2.05, 4.69) is 27.1 Å². The second kappa shape index (κ2) is 10.2. The summed E-state index contributed by atoms with van der Waals surface area (Å²) in [4.78, 5) is 36.5. The van der Waals surface area contributed by atoms with Crippen molar-refractivity contribution in [1.82, 2.24) is 19.9 Å². The van der Waals surface area contributed by atoms with Crippen molar-refractivity contribution in [3.8, 4) is 11.5 Å². The fraction of sp³-hybridized carbons (Fsp3) is 0.478. The highest BCUT2D eigenvalue weighted by molar-refractivity contribution is 7.22. The van der Waals surface area contributed by atoms with Crippen LogP contribution in [-0.4, -0.2) is 54.3 Å². The number of amides is 1. The summed E-state index contributed by atoms with van der Waals surface area (Å²) in [6.07, 6.45) is 4.37. The van der Waals surface area contributed by atoms with Gasteiger partial charge in [0, 0.05) is 19.6 Å². The van der Waals surface area contributed by atoms with E-state index in [0.29, 0.717) is 40.7 Å². The Morgan fingerprint density at radius 1 is 1.27 bits per heavy atom. The van der Waals surface area contributed by atoms with Gasteiger partial charge in [0.2, 0.25) is 5.91 Å². The largest absolute Gasteiger partial charge is 0.493 e. The Morgan fingerprint density at radius 3 is 2.85 bits per heavy atom. The lowest BCUT2D eigenvalue weighted by Crippen LogP contribution is -2.34. The van der Waals surface area contributed by atoms with Gasteiger partial charge in [-0.05, 0) is 42.9 Å². The molecule has 1 fully saturated rings. The maximum absolute atomic E-state index is 12.9. The smallest absolute Gasteiger partial charge is 0.273 e. The number of nitrogens with zero attached hydrogens (tertiary/aromatic N) is 4. The molecule has 2 aromatic heterocycles. The molecule has 33 heavy (non-hydrogen) atoms. The van der Waals surface area contributed by atoms with Crippen molar-refractivity contribution in [2.24, 2.45) is 5.92 Å².